The maximum absolute atomic E-state index is 11.1. The summed E-state index contributed by atoms with van der Waals surface area (Å²) < 4.78 is 5.29. The second kappa shape index (κ2) is 7.11. The molecule has 0 aliphatic heterocycles. The Morgan fingerprint density at radius 1 is 1.31 bits per heavy atom. The second-order valence-electron chi connectivity index (χ2n) is 5.82. The van der Waals surface area contributed by atoms with Crippen LogP contribution in [-0.4, -0.2) is 36.8 Å². The lowest BCUT2D eigenvalue weighted by atomic mass is 9.96. The van der Waals surface area contributed by atoms with E-state index in [1.165, 1.54) is 0 Å². The van der Waals surface area contributed by atoms with Gasteiger partial charge < -0.3 is 14.7 Å². The molecular formula is C20H17N3O3. The molecule has 0 aliphatic rings. The number of fused-ring (bicyclic) bond motifs is 1. The highest BCUT2D eigenvalue weighted by Gasteiger charge is 2.16. The largest absolute Gasteiger partial charge is 0.497 e. The van der Waals surface area contributed by atoms with E-state index >= 15 is 0 Å². The number of hydrogen-bond acceptors (Lipinski definition) is 5. The molecule has 0 radical (unpaired) electrons. The summed E-state index contributed by atoms with van der Waals surface area (Å²) in [7, 11) is 3.26. The molecule has 0 saturated heterocycles. The summed E-state index contributed by atoms with van der Waals surface area (Å²) >= 11 is 0. The van der Waals surface area contributed by atoms with Crippen molar-refractivity contribution >= 4 is 22.6 Å². The van der Waals surface area contributed by atoms with Gasteiger partial charge in [0.25, 0.3) is 0 Å². The number of likely N-dealkylation sites (N-methyl/N-ethyl adjacent to an activating group) is 1. The SMILES string of the molecule is COc1cccc(-c2cnc(N(C)CC(=O)O)c3cccc(C#N)c23)c1. The number of carboxylic acid groups (broad SMARTS) is 1. The van der Waals surface area contributed by atoms with E-state index in [-0.39, 0.29) is 6.54 Å². The number of aliphatic carboxylic acids is 1. The monoisotopic (exact) mass is 347 g/mol. The van der Waals surface area contributed by atoms with E-state index in [1.54, 1.807) is 37.4 Å². The molecule has 0 fully saturated rings. The van der Waals surface area contributed by atoms with E-state index in [1.807, 2.05) is 30.3 Å². The molecule has 6 heteroatoms. The summed E-state index contributed by atoms with van der Waals surface area (Å²) in [5.74, 6) is 0.277. The quantitative estimate of drug-likeness (QED) is 0.762. The van der Waals surface area contributed by atoms with E-state index in [0.717, 1.165) is 21.9 Å². The first-order valence-corrected chi connectivity index (χ1v) is 7.94. The highest BCUT2D eigenvalue weighted by atomic mass is 16.5. The number of carboxylic acids is 1. The van der Waals surface area contributed by atoms with Gasteiger partial charge in [0.15, 0.2) is 0 Å². The van der Waals surface area contributed by atoms with Crippen LogP contribution in [0.2, 0.25) is 0 Å². The zero-order valence-electron chi connectivity index (χ0n) is 14.4. The molecule has 0 atom stereocenters. The summed E-state index contributed by atoms with van der Waals surface area (Å²) in [6, 6.07) is 15.1. The summed E-state index contributed by atoms with van der Waals surface area (Å²) in [5.41, 5.74) is 2.17. The molecule has 2 aromatic carbocycles. The average molecular weight is 347 g/mol. The fourth-order valence-electron chi connectivity index (χ4n) is 2.97. The molecule has 0 unspecified atom stereocenters. The average Bonchev–Trinajstić information content (AvgIpc) is 2.66. The third-order valence-electron chi connectivity index (χ3n) is 4.13. The number of ether oxygens (including phenoxy) is 1. The van der Waals surface area contributed by atoms with Crippen LogP contribution in [0.5, 0.6) is 5.75 Å². The highest BCUT2D eigenvalue weighted by molar-refractivity contribution is 6.05. The predicted octanol–water partition coefficient (Wildman–Crippen LogP) is 3.30. The Kier molecular flexibility index (Phi) is 4.72. The molecule has 0 saturated carbocycles. The molecule has 0 aliphatic carbocycles. The van der Waals surface area contributed by atoms with Crippen LogP contribution in [0.1, 0.15) is 5.56 Å². The fourth-order valence-corrected chi connectivity index (χ4v) is 2.97. The van der Waals surface area contributed by atoms with Crippen molar-refractivity contribution in [1.82, 2.24) is 4.98 Å². The van der Waals surface area contributed by atoms with Crippen molar-refractivity contribution in [3.8, 4) is 22.9 Å². The zero-order chi connectivity index (χ0) is 18.7. The molecule has 1 aromatic heterocycles. The molecule has 0 spiro atoms. The topological polar surface area (TPSA) is 86.4 Å². The standard InChI is InChI=1S/C20H17N3O3/c1-23(12-18(24)25)20-16-8-4-6-14(10-21)19(16)17(11-22-20)13-5-3-7-15(9-13)26-2/h3-9,11H,12H2,1-2H3,(H,24,25). The van der Waals surface area contributed by atoms with Gasteiger partial charge in [0, 0.05) is 29.6 Å². The van der Waals surface area contributed by atoms with E-state index in [9.17, 15) is 10.1 Å². The summed E-state index contributed by atoms with van der Waals surface area (Å²) in [4.78, 5) is 17.1. The van der Waals surface area contributed by atoms with Gasteiger partial charge in [-0.25, -0.2) is 4.98 Å². The van der Waals surface area contributed by atoms with Crippen molar-refractivity contribution in [2.45, 2.75) is 0 Å². The molecule has 6 nitrogen and oxygen atoms in total. The first-order chi connectivity index (χ1) is 12.5. The number of hydrogen-bond donors (Lipinski definition) is 1. The van der Waals surface area contributed by atoms with Gasteiger partial charge in [-0.15, -0.1) is 0 Å². The highest BCUT2D eigenvalue weighted by Crippen LogP contribution is 2.36. The maximum atomic E-state index is 11.1. The van der Waals surface area contributed by atoms with Crippen molar-refractivity contribution in [3.63, 3.8) is 0 Å². The maximum Gasteiger partial charge on any atom is 0.323 e. The molecule has 0 bridgehead atoms. The lowest BCUT2D eigenvalue weighted by molar-refractivity contribution is -0.135. The number of benzene rings is 2. The minimum absolute atomic E-state index is 0.183. The molecule has 0 amide bonds. The van der Waals surface area contributed by atoms with Crippen molar-refractivity contribution in [3.05, 3.63) is 54.2 Å². The number of carbonyl (C=O) groups is 1. The Morgan fingerprint density at radius 2 is 2.08 bits per heavy atom. The predicted molar refractivity (Wildman–Crippen MR) is 99.4 cm³/mol. The number of aromatic nitrogens is 1. The van der Waals surface area contributed by atoms with Crippen LogP contribution in [0.4, 0.5) is 5.82 Å². The smallest absolute Gasteiger partial charge is 0.323 e. The van der Waals surface area contributed by atoms with Crippen LogP contribution in [0.3, 0.4) is 0 Å². The van der Waals surface area contributed by atoms with E-state index in [2.05, 4.69) is 11.1 Å². The van der Waals surface area contributed by atoms with E-state index < -0.39 is 5.97 Å². The lowest BCUT2D eigenvalue weighted by Gasteiger charge is -2.19. The minimum Gasteiger partial charge on any atom is -0.497 e. The van der Waals surface area contributed by atoms with Gasteiger partial charge in [-0.2, -0.15) is 5.26 Å². The molecular weight excluding hydrogens is 330 g/mol. The normalized spacial score (nSPS) is 10.3. The van der Waals surface area contributed by atoms with Crippen molar-refractivity contribution in [2.24, 2.45) is 0 Å². The Morgan fingerprint density at radius 3 is 2.77 bits per heavy atom. The first-order valence-electron chi connectivity index (χ1n) is 7.94. The van der Waals surface area contributed by atoms with E-state index in [4.69, 9.17) is 9.84 Å². The van der Waals surface area contributed by atoms with Gasteiger partial charge in [-0.3, -0.25) is 4.79 Å². The minimum atomic E-state index is -0.948. The number of nitriles is 1. The summed E-state index contributed by atoms with van der Waals surface area (Å²) in [6.07, 6.45) is 1.67. The number of rotatable bonds is 5. The number of pyridine rings is 1. The molecule has 1 heterocycles. The van der Waals surface area contributed by atoms with Crippen molar-refractivity contribution in [2.75, 3.05) is 25.6 Å². The number of methoxy groups -OCH3 is 1. The molecule has 3 rings (SSSR count). The van der Waals surface area contributed by atoms with Crippen LogP contribution in [0, 0.1) is 11.3 Å². The van der Waals surface area contributed by atoms with E-state index in [0.29, 0.717) is 17.1 Å². The Balaban J connectivity index is 2.29. The summed E-state index contributed by atoms with van der Waals surface area (Å²) in [6.45, 7) is -0.183. The first kappa shape index (κ1) is 17.2. The Hall–Kier alpha value is -3.59. The molecule has 26 heavy (non-hydrogen) atoms. The molecule has 1 N–H and O–H groups in total. The lowest BCUT2D eigenvalue weighted by Crippen LogP contribution is -2.26. The fraction of sp³-hybridized carbons (Fsp3) is 0.150. The van der Waals surface area contributed by atoms with Gasteiger partial charge in [0.05, 0.1) is 18.7 Å². The third kappa shape index (κ3) is 3.15. The van der Waals surface area contributed by atoms with Gasteiger partial charge in [0.1, 0.15) is 18.1 Å². The Labute approximate surface area is 150 Å². The summed E-state index contributed by atoms with van der Waals surface area (Å²) in [5, 5.41) is 20.1. The van der Waals surface area contributed by atoms with Gasteiger partial charge in [-0.05, 0) is 23.8 Å². The van der Waals surface area contributed by atoms with Crippen LogP contribution < -0.4 is 9.64 Å². The van der Waals surface area contributed by atoms with Crippen LogP contribution >= 0.6 is 0 Å². The van der Waals surface area contributed by atoms with Crippen LogP contribution in [0.25, 0.3) is 21.9 Å². The Bertz CT molecular complexity index is 1020. The van der Waals surface area contributed by atoms with Gasteiger partial charge >= 0.3 is 5.97 Å². The van der Waals surface area contributed by atoms with Crippen molar-refractivity contribution < 1.29 is 14.6 Å². The van der Waals surface area contributed by atoms with Gasteiger partial charge in [-0.1, -0.05) is 24.3 Å². The molecule has 130 valence electrons. The van der Waals surface area contributed by atoms with Crippen LogP contribution in [0.15, 0.2) is 48.7 Å². The van der Waals surface area contributed by atoms with Gasteiger partial charge in [0.2, 0.25) is 0 Å². The van der Waals surface area contributed by atoms with Crippen molar-refractivity contribution in [1.29, 1.82) is 5.26 Å². The van der Waals surface area contributed by atoms with Crippen LogP contribution in [-0.2, 0) is 4.79 Å². The zero-order valence-corrected chi connectivity index (χ0v) is 14.4. The second-order valence-corrected chi connectivity index (χ2v) is 5.82. The third-order valence-corrected chi connectivity index (χ3v) is 4.13. The molecule has 3 aromatic rings. The number of nitrogens with zero attached hydrogens (tertiary/aromatic N) is 3. The number of anilines is 1.